The highest BCUT2D eigenvalue weighted by Gasteiger charge is 2.36. The van der Waals surface area contributed by atoms with Crippen molar-refractivity contribution in [2.24, 2.45) is 0 Å². The van der Waals surface area contributed by atoms with Crippen LogP contribution in [0.15, 0.2) is 30.3 Å². The van der Waals surface area contributed by atoms with Gasteiger partial charge in [0.15, 0.2) is 0 Å². The van der Waals surface area contributed by atoms with Crippen LogP contribution in [-0.4, -0.2) is 48.8 Å². The largest absolute Gasteiger partial charge is 0.448 e. The first-order chi connectivity index (χ1) is 11.1. The van der Waals surface area contributed by atoms with Crippen LogP contribution in [0.1, 0.15) is 18.9 Å². The van der Waals surface area contributed by atoms with Gasteiger partial charge >= 0.3 is 12.2 Å². The Morgan fingerprint density at radius 3 is 2.52 bits per heavy atom. The summed E-state index contributed by atoms with van der Waals surface area (Å²) in [7, 11) is 0. The Bertz CT molecular complexity index is 553. The minimum absolute atomic E-state index is 0.169. The quantitative estimate of drug-likeness (QED) is 0.916. The number of amides is 3. The van der Waals surface area contributed by atoms with Gasteiger partial charge in [-0.05, 0) is 12.0 Å². The van der Waals surface area contributed by atoms with Crippen molar-refractivity contribution in [2.45, 2.75) is 25.8 Å². The lowest BCUT2D eigenvalue weighted by atomic mass is 10.1. The van der Waals surface area contributed by atoms with Gasteiger partial charge in [-0.3, -0.25) is 4.79 Å². The van der Waals surface area contributed by atoms with Crippen LogP contribution < -0.4 is 5.32 Å². The number of ether oxygens (including phenoxy) is 2. The van der Waals surface area contributed by atoms with E-state index in [1.54, 1.807) is 6.92 Å². The summed E-state index contributed by atoms with van der Waals surface area (Å²) in [6, 6.07) is 9.62. The lowest BCUT2D eigenvalue weighted by molar-refractivity contribution is -0.128. The third kappa shape index (κ3) is 4.70. The first-order valence-corrected chi connectivity index (χ1v) is 7.55. The smallest absolute Gasteiger partial charge is 0.416 e. The van der Waals surface area contributed by atoms with Gasteiger partial charge < -0.3 is 14.8 Å². The second-order valence-corrected chi connectivity index (χ2v) is 5.10. The van der Waals surface area contributed by atoms with Crippen molar-refractivity contribution in [3.8, 4) is 0 Å². The van der Waals surface area contributed by atoms with Gasteiger partial charge in [0.1, 0.15) is 13.2 Å². The van der Waals surface area contributed by atoms with E-state index in [0.29, 0.717) is 32.6 Å². The molecule has 23 heavy (non-hydrogen) atoms. The molecule has 7 nitrogen and oxygen atoms in total. The van der Waals surface area contributed by atoms with Crippen LogP contribution in [0.25, 0.3) is 0 Å². The van der Waals surface area contributed by atoms with Crippen LogP contribution in [-0.2, 0) is 20.7 Å². The van der Waals surface area contributed by atoms with Gasteiger partial charge in [0.2, 0.25) is 5.91 Å². The number of nitrogens with one attached hydrogen (secondary N) is 1. The number of hydrogen-bond donors (Lipinski definition) is 1. The van der Waals surface area contributed by atoms with E-state index in [1.807, 2.05) is 30.3 Å². The summed E-state index contributed by atoms with van der Waals surface area (Å²) in [5, 5.41) is 2.46. The van der Waals surface area contributed by atoms with Crippen LogP contribution in [0, 0.1) is 0 Å². The molecule has 1 atom stereocenters. The summed E-state index contributed by atoms with van der Waals surface area (Å²) in [5.41, 5.74) is 1.10. The molecule has 2 saturated heterocycles. The molecule has 3 rings (SSSR count). The topological polar surface area (TPSA) is 84.9 Å². The molecule has 0 spiro atoms. The molecule has 2 aliphatic heterocycles. The summed E-state index contributed by atoms with van der Waals surface area (Å²) in [6.45, 7) is 3.23. The van der Waals surface area contributed by atoms with Crippen LogP contribution >= 0.6 is 0 Å². The van der Waals surface area contributed by atoms with Crippen LogP contribution in [0.4, 0.5) is 9.59 Å². The van der Waals surface area contributed by atoms with E-state index in [1.165, 1.54) is 4.90 Å². The molecular formula is C16H20N2O5. The summed E-state index contributed by atoms with van der Waals surface area (Å²) >= 11 is 0. The van der Waals surface area contributed by atoms with Crippen molar-refractivity contribution in [1.82, 2.24) is 10.2 Å². The Balaban J connectivity index is 0.000000268. The molecule has 2 heterocycles. The maximum Gasteiger partial charge on any atom is 0.416 e. The molecule has 0 aliphatic carbocycles. The zero-order valence-electron chi connectivity index (χ0n) is 13.0. The lowest BCUT2D eigenvalue weighted by Crippen LogP contribution is -2.39. The minimum Gasteiger partial charge on any atom is -0.448 e. The molecule has 124 valence electrons. The summed E-state index contributed by atoms with van der Waals surface area (Å²) in [6.07, 6.45) is 0.159. The van der Waals surface area contributed by atoms with Crippen molar-refractivity contribution < 1.29 is 23.9 Å². The second kappa shape index (κ2) is 8.17. The first-order valence-electron chi connectivity index (χ1n) is 7.55. The van der Waals surface area contributed by atoms with Gasteiger partial charge in [0.25, 0.3) is 0 Å². The van der Waals surface area contributed by atoms with Crippen LogP contribution in [0.2, 0.25) is 0 Å². The molecule has 2 fully saturated rings. The maximum atomic E-state index is 11.7. The zero-order valence-corrected chi connectivity index (χ0v) is 13.0. The van der Waals surface area contributed by atoms with Gasteiger partial charge in [-0.2, -0.15) is 0 Å². The first kappa shape index (κ1) is 16.8. The molecule has 0 radical (unpaired) electrons. The van der Waals surface area contributed by atoms with Crippen molar-refractivity contribution in [2.75, 3.05) is 19.8 Å². The third-order valence-electron chi connectivity index (χ3n) is 3.45. The number of cyclic esters (lactones) is 2. The molecule has 0 bridgehead atoms. The number of carbonyl (C=O) groups is 3. The van der Waals surface area contributed by atoms with Gasteiger partial charge in [-0.1, -0.05) is 37.3 Å². The number of carbonyl (C=O) groups excluding carboxylic acids is 3. The van der Waals surface area contributed by atoms with Gasteiger partial charge in [0, 0.05) is 6.42 Å². The van der Waals surface area contributed by atoms with E-state index in [4.69, 9.17) is 4.74 Å². The van der Waals surface area contributed by atoms with Crippen LogP contribution in [0.5, 0.6) is 0 Å². The maximum absolute atomic E-state index is 11.7. The fourth-order valence-electron chi connectivity index (χ4n) is 2.32. The standard InChI is InChI=1S/C13H15NO3.C3H5NO2/c1-2-12(15)14-11(9-17-13(14)16)8-10-6-4-3-5-7-10;5-3-4-1-2-6-3/h3-7,11H,2,8-9H2,1H3;1-2H2,(H,4,5)/t11-;/m0./s1. The molecule has 1 aromatic carbocycles. The molecular weight excluding hydrogens is 300 g/mol. The lowest BCUT2D eigenvalue weighted by Gasteiger charge is -2.18. The fraction of sp³-hybridized carbons (Fsp3) is 0.438. The zero-order chi connectivity index (χ0) is 16.7. The van der Waals surface area contributed by atoms with E-state index in [2.05, 4.69) is 10.1 Å². The van der Waals surface area contributed by atoms with Gasteiger partial charge in [-0.15, -0.1) is 0 Å². The SMILES string of the molecule is CCC(=O)N1C(=O)OC[C@@H]1Cc1ccccc1.O=C1NCCO1. The van der Waals surface area contributed by atoms with Gasteiger partial charge in [-0.25, -0.2) is 14.5 Å². The Kier molecular flexibility index (Phi) is 5.96. The Morgan fingerprint density at radius 1 is 1.26 bits per heavy atom. The minimum atomic E-state index is -0.516. The van der Waals surface area contributed by atoms with Crippen molar-refractivity contribution in [3.63, 3.8) is 0 Å². The Labute approximate surface area is 134 Å². The van der Waals surface area contributed by atoms with Crippen molar-refractivity contribution in [3.05, 3.63) is 35.9 Å². The highest BCUT2D eigenvalue weighted by molar-refractivity contribution is 5.93. The summed E-state index contributed by atoms with van der Waals surface area (Å²) < 4.78 is 9.34. The van der Waals surface area contributed by atoms with Crippen LogP contribution in [0.3, 0.4) is 0 Å². The van der Waals surface area contributed by atoms with Gasteiger partial charge in [0.05, 0.1) is 12.6 Å². The number of hydrogen-bond acceptors (Lipinski definition) is 5. The van der Waals surface area contributed by atoms with E-state index in [9.17, 15) is 14.4 Å². The highest BCUT2D eigenvalue weighted by Crippen LogP contribution is 2.18. The summed E-state index contributed by atoms with van der Waals surface area (Å²) in [5.74, 6) is -0.173. The number of rotatable bonds is 3. The molecule has 0 saturated carbocycles. The normalized spacial score (nSPS) is 19.3. The fourth-order valence-corrected chi connectivity index (χ4v) is 2.32. The number of nitrogens with zero attached hydrogens (tertiary/aromatic N) is 1. The molecule has 1 aromatic rings. The number of benzene rings is 1. The number of alkyl carbamates (subject to hydrolysis) is 1. The average Bonchev–Trinajstić information content (AvgIpc) is 3.18. The number of imide groups is 1. The summed E-state index contributed by atoms with van der Waals surface area (Å²) in [4.78, 5) is 34.3. The van der Waals surface area contributed by atoms with E-state index >= 15 is 0 Å². The molecule has 2 aliphatic rings. The molecule has 0 unspecified atom stereocenters. The van der Waals surface area contributed by atoms with E-state index in [0.717, 1.165) is 5.56 Å². The third-order valence-corrected chi connectivity index (χ3v) is 3.45. The Hall–Kier alpha value is -2.57. The van der Waals surface area contributed by atoms with E-state index in [-0.39, 0.29) is 18.0 Å². The van der Waals surface area contributed by atoms with Crippen molar-refractivity contribution >= 4 is 18.1 Å². The predicted octanol–water partition coefficient (Wildman–Crippen LogP) is 1.71. The van der Waals surface area contributed by atoms with Crippen molar-refractivity contribution in [1.29, 1.82) is 0 Å². The molecule has 7 heteroatoms. The Morgan fingerprint density at radius 2 is 2.00 bits per heavy atom. The molecule has 0 aromatic heterocycles. The molecule has 3 amide bonds. The highest BCUT2D eigenvalue weighted by atomic mass is 16.6. The monoisotopic (exact) mass is 320 g/mol. The van der Waals surface area contributed by atoms with E-state index < -0.39 is 6.09 Å². The predicted molar refractivity (Wildman–Crippen MR) is 81.8 cm³/mol. The average molecular weight is 320 g/mol. The molecule has 1 N–H and O–H groups in total. The second-order valence-electron chi connectivity index (χ2n) is 5.10.